The molecule has 0 bridgehead atoms. The van der Waals surface area contributed by atoms with Gasteiger partial charge in [0.15, 0.2) is 11.5 Å². The molecule has 0 aromatic heterocycles. The Morgan fingerprint density at radius 1 is 0.938 bits per heavy atom. The highest BCUT2D eigenvalue weighted by Gasteiger charge is 2.18. The third-order valence-corrected chi connectivity index (χ3v) is 6.49. The van der Waals surface area contributed by atoms with Crippen LogP contribution in [-0.2, 0) is 16.6 Å². The summed E-state index contributed by atoms with van der Waals surface area (Å²) in [5, 5.41) is 0. The summed E-state index contributed by atoms with van der Waals surface area (Å²) in [7, 11) is -2.05. The van der Waals surface area contributed by atoms with E-state index < -0.39 is 10.0 Å². The molecule has 0 saturated heterocycles. The second-order valence-electron chi connectivity index (χ2n) is 7.64. The van der Waals surface area contributed by atoms with Crippen molar-refractivity contribution in [1.29, 1.82) is 0 Å². The molecule has 1 amide bonds. The van der Waals surface area contributed by atoms with Gasteiger partial charge in [0.25, 0.3) is 15.9 Å². The minimum Gasteiger partial charge on any atom is -0.486 e. The molecule has 3 aromatic rings. The first kappa shape index (κ1) is 21.7. The maximum atomic E-state index is 12.8. The monoisotopic (exact) mass is 452 g/mol. The first-order valence-electron chi connectivity index (χ1n) is 10.2. The Kier molecular flexibility index (Phi) is 6.05. The third-order valence-electron chi connectivity index (χ3n) is 5.09. The maximum absolute atomic E-state index is 12.8. The van der Waals surface area contributed by atoms with Gasteiger partial charge < -0.3 is 14.4 Å². The lowest BCUT2D eigenvalue weighted by atomic mass is 10.1. The van der Waals surface area contributed by atoms with E-state index in [1.54, 1.807) is 24.1 Å². The minimum absolute atomic E-state index is 0.0871. The van der Waals surface area contributed by atoms with Gasteiger partial charge >= 0.3 is 0 Å². The van der Waals surface area contributed by atoms with Crippen molar-refractivity contribution in [2.75, 3.05) is 25.0 Å². The molecule has 1 aliphatic rings. The van der Waals surface area contributed by atoms with Gasteiger partial charge in [-0.25, -0.2) is 8.42 Å². The number of hydrogen-bond acceptors (Lipinski definition) is 5. The first-order valence-corrected chi connectivity index (χ1v) is 11.6. The van der Waals surface area contributed by atoms with E-state index in [9.17, 15) is 13.2 Å². The number of carbonyl (C=O) groups excluding carboxylic acids is 1. The summed E-state index contributed by atoms with van der Waals surface area (Å²) in [6, 6.07) is 18.6. The molecule has 0 radical (unpaired) electrons. The maximum Gasteiger partial charge on any atom is 0.261 e. The molecule has 0 aliphatic carbocycles. The largest absolute Gasteiger partial charge is 0.486 e. The molecule has 7 nitrogen and oxygen atoms in total. The van der Waals surface area contributed by atoms with Crippen LogP contribution in [0.5, 0.6) is 11.5 Å². The molecule has 0 saturated carbocycles. The quantitative estimate of drug-likeness (QED) is 0.614. The van der Waals surface area contributed by atoms with Crippen molar-refractivity contribution in [3.63, 3.8) is 0 Å². The van der Waals surface area contributed by atoms with Gasteiger partial charge in [-0.1, -0.05) is 23.8 Å². The molecule has 1 N–H and O–H groups in total. The van der Waals surface area contributed by atoms with Crippen LogP contribution >= 0.6 is 0 Å². The molecule has 0 unspecified atom stereocenters. The zero-order valence-corrected chi connectivity index (χ0v) is 18.7. The van der Waals surface area contributed by atoms with Crippen LogP contribution in [0.15, 0.2) is 71.6 Å². The van der Waals surface area contributed by atoms with Crippen molar-refractivity contribution in [3.8, 4) is 11.5 Å². The molecule has 0 spiro atoms. The summed E-state index contributed by atoms with van der Waals surface area (Å²) in [4.78, 5) is 14.5. The van der Waals surface area contributed by atoms with Crippen LogP contribution in [0.25, 0.3) is 0 Å². The fourth-order valence-electron chi connectivity index (χ4n) is 3.36. The molecular formula is C24H24N2O5S. The highest BCUT2D eigenvalue weighted by molar-refractivity contribution is 7.92. The molecular weight excluding hydrogens is 428 g/mol. The SMILES string of the molecule is Cc1ccc(NS(=O)(=O)c2ccc(C(=O)N(C)Cc3ccc4c(c3)OCCO4)cc2)cc1. The number of nitrogens with zero attached hydrogens (tertiary/aromatic N) is 1. The lowest BCUT2D eigenvalue weighted by molar-refractivity contribution is 0.0784. The van der Waals surface area contributed by atoms with Crippen LogP contribution in [0.3, 0.4) is 0 Å². The van der Waals surface area contributed by atoms with Gasteiger partial charge in [0.1, 0.15) is 13.2 Å². The van der Waals surface area contributed by atoms with Crippen LogP contribution in [-0.4, -0.2) is 39.5 Å². The van der Waals surface area contributed by atoms with Crippen molar-refractivity contribution in [1.82, 2.24) is 4.90 Å². The Balaban J connectivity index is 1.43. The van der Waals surface area contributed by atoms with Crippen molar-refractivity contribution in [2.45, 2.75) is 18.4 Å². The van der Waals surface area contributed by atoms with E-state index in [2.05, 4.69) is 4.72 Å². The minimum atomic E-state index is -3.75. The lowest BCUT2D eigenvalue weighted by Gasteiger charge is -2.21. The van der Waals surface area contributed by atoms with E-state index in [0.717, 1.165) is 11.1 Å². The molecule has 1 aliphatic heterocycles. The number of nitrogens with one attached hydrogen (secondary N) is 1. The highest BCUT2D eigenvalue weighted by Crippen LogP contribution is 2.31. The van der Waals surface area contributed by atoms with Crippen molar-refractivity contribution in [2.24, 2.45) is 0 Å². The predicted molar refractivity (Wildman–Crippen MR) is 122 cm³/mol. The van der Waals surface area contributed by atoms with Crippen LogP contribution in [0.2, 0.25) is 0 Å². The van der Waals surface area contributed by atoms with Gasteiger partial charge in [-0.05, 0) is 61.0 Å². The predicted octanol–water partition coefficient (Wildman–Crippen LogP) is 3.84. The van der Waals surface area contributed by atoms with E-state index in [1.807, 2.05) is 37.3 Å². The number of carbonyl (C=O) groups is 1. The summed E-state index contributed by atoms with van der Waals surface area (Å²) in [5.74, 6) is 1.16. The van der Waals surface area contributed by atoms with E-state index in [1.165, 1.54) is 24.3 Å². The van der Waals surface area contributed by atoms with Gasteiger partial charge in [-0.3, -0.25) is 9.52 Å². The smallest absolute Gasteiger partial charge is 0.261 e. The van der Waals surface area contributed by atoms with E-state index in [4.69, 9.17) is 9.47 Å². The third kappa shape index (κ3) is 4.86. The summed E-state index contributed by atoms with van der Waals surface area (Å²) in [6.45, 7) is 3.33. The zero-order chi connectivity index (χ0) is 22.7. The fourth-order valence-corrected chi connectivity index (χ4v) is 4.42. The number of amides is 1. The van der Waals surface area contributed by atoms with E-state index >= 15 is 0 Å². The number of anilines is 1. The van der Waals surface area contributed by atoms with Gasteiger partial charge in [-0.2, -0.15) is 0 Å². The summed E-state index contributed by atoms with van der Waals surface area (Å²) < 4.78 is 38.9. The van der Waals surface area contributed by atoms with Gasteiger partial charge in [0.05, 0.1) is 4.90 Å². The topological polar surface area (TPSA) is 84.9 Å². The normalized spacial score (nSPS) is 12.8. The van der Waals surface area contributed by atoms with Gasteiger partial charge in [0, 0.05) is 24.8 Å². The highest BCUT2D eigenvalue weighted by atomic mass is 32.2. The van der Waals surface area contributed by atoms with Crippen LogP contribution in [0.1, 0.15) is 21.5 Å². The molecule has 0 atom stereocenters. The average molecular weight is 453 g/mol. The van der Waals surface area contributed by atoms with E-state index in [-0.39, 0.29) is 10.8 Å². The first-order chi connectivity index (χ1) is 15.3. The van der Waals surface area contributed by atoms with Crippen LogP contribution < -0.4 is 14.2 Å². The summed E-state index contributed by atoms with van der Waals surface area (Å²) in [5.41, 5.74) is 2.83. The Morgan fingerprint density at radius 3 is 2.28 bits per heavy atom. The lowest BCUT2D eigenvalue weighted by Crippen LogP contribution is -2.26. The standard InChI is InChI=1S/C24H24N2O5S/c1-17-3-8-20(9-4-17)25-32(28,29)21-10-6-19(7-11-21)24(27)26(2)16-18-5-12-22-23(15-18)31-14-13-30-22/h3-12,15,25H,13-14,16H2,1-2H3. The Labute approximate surface area is 187 Å². The average Bonchev–Trinajstić information content (AvgIpc) is 2.80. The summed E-state index contributed by atoms with van der Waals surface area (Å²) in [6.07, 6.45) is 0. The number of rotatable bonds is 6. The van der Waals surface area contributed by atoms with Crippen LogP contribution in [0, 0.1) is 6.92 Å². The Hall–Kier alpha value is -3.52. The fraction of sp³-hybridized carbons (Fsp3) is 0.208. The second-order valence-corrected chi connectivity index (χ2v) is 9.32. The van der Waals surface area contributed by atoms with Crippen molar-refractivity contribution < 1.29 is 22.7 Å². The molecule has 4 rings (SSSR count). The number of fused-ring (bicyclic) bond motifs is 1. The summed E-state index contributed by atoms with van der Waals surface area (Å²) >= 11 is 0. The molecule has 3 aromatic carbocycles. The Morgan fingerprint density at radius 2 is 1.59 bits per heavy atom. The number of aryl methyl sites for hydroxylation is 1. The van der Waals surface area contributed by atoms with E-state index in [0.29, 0.717) is 42.5 Å². The molecule has 8 heteroatoms. The second kappa shape index (κ2) is 8.92. The van der Waals surface area contributed by atoms with Crippen molar-refractivity contribution >= 4 is 21.6 Å². The van der Waals surface area contributed by atoms with Gasteiger partial charge in [0.2, 0.25) is 0 Å². The van der Waals surface area contributed by atoms with Gasteiger partial charge in [-0.15, -0.1) is 0 Å². The molecule has 1 heterocycles. The number of benzene rings is 3. The van der Waals surface area contributed by atoms with Crippen LogP contribution in [0.4, 0.5) is 5.69 Å². The molecule has 0 fully saturated rings. The number of sulfonamides is 1. The number of hydrogen-bond donors (Lipinski definition) is 1. The molecule has 32 heavy (non-hydrogen) atoms. The molecule has 166 valence electrons. The van der Waals surface area contributed by atoms with Crippen molar-refractivity contribution in [3.05, 3.63) is 83.4 Å². The zero-order valence-electron chi connectivity index (χ0n) is 17.9. The Bertz CT molecular complexity index is 1220. The number of ether oxygens (including phenoxy) is 2.